The molecule has 0 spiro atoms. The van der Waals surface area contributed by atoms with Crippen LogP contribution in [0.4, 0.5) is 0 Å². The normalized spacial score (nSPS) is 11.8. The highest BCUT2D eigenvalue weighted by molar-refractivity contribution is 4.91. The van der Waals surface area contributed by atoms with E-state index in [1.54, 1.807) is 0 Å². The predicted molar refractivity (Wildman–Crippen MR) is 43.5 cm³/mol. The van der Waals surface area contributed by atoms with Crippen molar-refractivity contribution >= 4 is 0 Å². The first-order valence-electron chi connectivity index (χ1n) is 3.71. The third-order valence-electron chi connectivity index (χ3n) is 1.08. The largest absolute Gasteiger partial charge is 0.0885 e. The lowest BCUT2D eigenvalue weighted by atomic mass is 10.3. The Balaban J connectivity index is 3.08. The molecular formula is C9H16. The first-order chi connectivity index (χ1) is 4.41. The van der Waals surface area contributed by atoms with Crippen LogP contribution in [-0.4, -0.2) is 0 Å². The molecule has 0 saturated heterocycles. The van der Waals surface area contributed by atoms with Gasteiger partial charge >= 0.3 is 0 Å². The molecule has 0 bridgehead atoms. The zero-order chi connectivity index (χ0) is 6.95. The van der Waals surface area contributed by atoms with Crippen molar-refractivity contribution in [2.45, 2.75) is 33.1 Å². The van der Waals surface area contributed by atoms with Gasteiger partial charge < -0.3 is 0 Å². The predicted octanol–water partition coefficient (Wildman–Crippen LogP) is 3.31. The molecule has 0 aliphatic heterocycles. The second kappa shape index (κ2) is 7.48. The van der Waals surface area contributed by atoms with E-state index in [0.717, 1.165) is 19.3 Å². The molecule has 0 fully saturated rings. The molecule has 0 aromatic rings. The number of hydrogen-bond acceptors (Lipinski definition) is 0. The highest BCUT2D eigenvalue weighted by Gasteiger charge is 1.68. The first kappa shape index (κ1) is 8.48. The van der Waals surface area contributed by atoms with Crippen molar-refractivity contribution < 1.29 is 0 Å². The number of rotatable bonds is 4. The molecule has 0 aliphatic carbocycles. The van der Waals surface area contributed by atoms with Crippen LogP contribution < -0.4 is 0 Å². The van der Waals surface area contributed by atoms with Gasteiger partial charge in [-0.2, -0.15) is 0 Å². The Hall–Kier alpha value is -0.520. The summed E-state index contributed by atoms with van der Waals surface area (Å²) in [5.74, 6) is 0. The van der Waals surface area contributed by atoms with Gasteiger partial charge in [-0.3, -0.25) is 0 Å². The van der Waals surface area contributed by atoms with Gasteiger partial charge in [0, 0.05) is 0 Å². The minimum absolute atomic E-state index is 1.10. The lowest BCUT2D eigenvalue weighted by molar-refractivity contribution is 1.18. The first-order valence-corrected chi connectivity index (χ1v) is 3.71. The molecular weight excluding hydrogens is 108 g/mol. The average molecular weight is 124 g/mol. The Bertz CT molecular complexity index is 76.2. The number of hydrogen-bond donors (Lipinski definition) is 0. The molecule has 0 unspecified atom stereocenters. The van der Waals surface area contributed by atoms with Crippen molar-refractivity contribution in [3.8, 4) is 0 Å². The maximum Gasteiger partial charge on any atom is -0.0169 e. The molecule has 0 aromatic heterocycles. The molecule has 0 radical (unpaired) electrons. The Morgan fingerprint density at radius 3 is 1.56 bits per heavy atom. The van der Waals surface area contributed by atoms with Gasteiger partial charge in [0.15, 0.2) is 0 Å². The molecule has 0 heterocycles. The molecule has 0 nitrogen and oxygen atoms in total. The minimum atomic E-state index is 1.10. The zero-order valence-electron chi connectivity index (χ0n) is 6.43. The van der Waals surface area contributed by atoms with Gasteiger partial charge in [-0.15, -0.1) is 0 Å². The SMILES string of the molecule is CC/C=C\C/C=C/CC. The van der Waals surface area contributed by atoms with Crippen LogP contribution in [-0.2, 0) is 0 Å². The van der Waals surface area contributed by atoms with Crippen molar-refractivity contribution in [3.05, 3.63) is 24.3 Å². The molecule has 52 valence electrons. The standard InChI is InChI=1S/C9H16/c1-3-5-7-9-8-6-4-2/h5-8H,3-4,9H2,1-2H3/b7-5-,8-6+. The highest BCUT2D eigenvalue weighted by atomic mass is 13.7. The summed E-state index contributed by atoms with van der Waals surface area (Å²) in [6.45, 7) is 4.31. The smallest absolute Gasteiger partial charge is 0.0169 e. The van der Waals surface area contributed by atoms with Crippen molar-refractivity contribution in [3.63, 3.8) is 0 Å². The van der Waals surface area contributed by atoms with E-state index in [4.69, 9.17) is 0 Å². The summed E-state index contributed by atoms with van der Waals surface area (Å²) < 4.78 is 0. The van der Waals surface area contributed by atoms with Gasteiger partial charge in [-0.25, -0.2) is 0 Å². The molecule has 0 atom stereocenters. The molecule has 0 N–H and O–H groups in total. The van der Waals surface area contributed by atoms with Gasteiger partial charge in [-0.05, 0) is 19.3 Å². The summed E-state index contributed by atoms with van der Waals surface area (Å²) in [4.78, 5) is 0. The monoisotopic (exact) mass is 124 g/mol. The molecule has 0 saturated carbocycles. The molecule has 9 heavy (non-hydrogen) atoms. The summed E-state index contributed by atoms with van der Waals surface area (Å²) in [5, 5.41) is 0. The second-order valence-electron chi connectivity index (χ2n) is 2.00. The highest BCUT2D eigenvalue weighted by Crippen LogP contribution is 1.89. The van der Waals surface area contributed by atoms with Gasteiger partial charge in [0.2, 0.25) is 0 Å². The molecule has 0 heteroatoms. The summed E-state index contributed by atoms with van der Waals surface area (Å²) in [6.07, 6.45) is 12.2. The minimum Gasteiger partial charge on any atom is -0.0885 e. The second-order valence-corrected chi connectivity index (χ2v) is 2.00. The van der Waals surface area contributed by atoms with Crippen molar-refractivity contribution in [1.29, 1.82) is 0 Å². The van der Waals surface area contributed by atoms with Crippen LogP contribution in [0.15, 0.2) is 24.3 Å². The molecule has 0 amide bonds. The fourth-order valence-electron chi connectivity index (χ4n) is 0.604. The third-order valence-corrected chi connectivity index (χ3v) is 1.08. The topological polar surface area (TPSA) is 0 Å². The summed E-state index contributed by atoms with van der Waals surface area (Å²) in [7, 11) is 0. The molecule has 0 aromatic carbocycles. The van der Waals surface area contributed by atoms with E-state index in [1.165, 1.54) is 0 Å². The fourth-order valence-corrected chi connectivity index (χ4v) is 0.604. The van der Waals surface area contributed by atoms with Crippen LogP contribution in [0.5, 0.6) is 0 Å². The van der Waals surface area contributed by atoms with Crippen LogP contribution in [0.2, 0.25) is 0 Å². The summed E-state index contributed by atoms with van der Waals surface area (Å²) in [6, 6.07) is 0. The quantitative estimate of drug-likeness (QED) is 0.504. The Labute approximate surface area is 58.3 Å². The van der Waals surface area contributed by atoms with Gasteiger partial charge in [-0.1, -0.05) is 38.2 Å². The van der Waals surface area contributed by atoms with E-state index < -0.39 is 0 Å². The van der Waals surface area contributed by atoms with E-state index in [9.17, 15) is 0 Å². The lowest BCUT2D eigenvalue weighted by Gasteiger charge is -1.79. The summed E-state index contributed by atoms with van der Waals surface area (Å²) in [5.41, 5.74) is 0. The Morgan fingerprint density at radius 2 is 1.22 bits per heavy atom. The molecule has 0 rings (SSSR count). The average Bonchev–Trinajstić information content (AvgIpc) is 1.89. The van der Waals surface area contributed by atoms with Gasteiger partial charge in [0.25, 0.3) is 0 Å². The van der Waals surface area contributed by atoms with Crippen molar-refractivity contribution in [2.24, 2.45) is 0 Å². The van der Waals surface area contributed by atoms with Crippen LogP contribution in [0.1, 0.15) is 33.1 Å². The fraction of sp³-hybridized carbons (Fsp3) is 0.556. The number of allylic oxidation sites excluding steroid dienone is 4. The molecule has 0 aliphatic rings. The van der Waals surface area contributed by atoms with Gasteiger partial charge in [0.1, 0.15) is 0 Å². The van der Waals surface area contributed by atoms with Gasteiger partial charge in [0.05, 0.1) is 0 Å². The van der Waals surface area contributed by atoms with E-state index >= 15 is 0 Å². The van der Waals surface area contributed by atoms with E-state index in [-0.39, 0.29) is 0 Å². The third kappa shape index (κ3) is 7.48. The van der Waals surface area contributed by atoms with E-state index in [0.29, 0.717) is 0 Å². The maximum atomic E-state index is 2.20. The van der Waals surface area contributed by atoms with E-state index in [1.807, 2.05) is 0 Å². The summed E-state index contributed by atoms with van der Waals surface area (Å²) >= 11 is 0. The zero-order valence-corrected chi connectivity index (χ0v) is 6.43. The van der Waals surface area contributed by atoms with Crippen molar-refractivity contribution in [1.82, 2.24) is 0 Å². The van der Waals surface area contributed by atoms with Crippen LogP contribution in [0.3, 0.4) is 0 Å². The lowest BCUT2D eigenvalue weighted by Crippen LogP contribution is -1.58. The van der Waals surface area contributed by atoms with Crippen LogP contribution >= 0.6 is 0 Å². The maximum absolute atomic E-state index is 2.20. The van der Waals surface area contributed by atoms with Crippen LogP contribution in [0, 0.1) is 0 Å². The Morgan fingerprint density at radius 1 is 0.778 bits per heavy atom. The van der Waals surface area contributed by atoms with E-state index in [2.05, 4.69) is 38.2 Å². The van der Waals surface area contributed by atoms with Crippen molar-refractivity contribution in [2.75, 3.05) is 0 Å². The van der Waals surface area contributed by atoms with Crippen LogP contribution in [0.25, 0.3) is 0 Å². The Kier molecular flexibility index (Phi) is 7.05.